The van der Waals surface area contributed by atoms with Gasteiger partial charge in [0.2, 0.25) is 0 Å². The molecule has 2 aromatic heterocycles. The molecule has 2 aliphatic rings. The van der Waals surface area contributed by atoms with Crippen molar-refractivity contribution in [3.8, 4) is 22.9 Å². The van der Waals surface area contributed by atoms with Gasteiger partial charge in [-0.2, -0.15) is 5.10 Å². The quantitative estimate of drug-likeness (QED) is 0.468. The third kappa shape index (κ3) is 5.71. The van der Waals surface area contributed by atoms with E-state index in [1.165, 1.54) is 24.9 Å². The number of anilines is 2. The van der Waals surface area contributed by atoms with Crippen LogP contribution in [0.2, 0.25) is 0 Å². The number of ether oxygens (including phenoxy) is 1. The lowest BCUT2D eigenvalue weighted by Gasteiger charge is -2.29. The maximum Gasteiger partial charge on any atom is 0.263 e. The average molecular weight is 495 g/mol. The maximum atomic E-state index is 6.15. The number of nitrogens with two attached hydrogens (primary N) is 1. The number of likely N-dealkylation sites (tertiary alicyclic amines) is 1. The van der Waals surface area contributed by atoms with E-state index in [4.69, 9.17) is 15.5 Å². The summed E-state index contributed by atoms with van der Waals surface area (Å²) in [5, 5.41) is 4.54. The Bertz CT molecular complexity index is 1140. The second-order valence-corrected chi connectivity index (χ2v) is 10.4. The van der Waals surface area contributed by atoms with E-state index in [1.807, 2.05) is 17.9 Å². The summed E-state index contributed by atoms with van der Waals surface area (Å²) in [6, 6.07) is 6.93. The largest absolute Gasteiger partial charge is 0.433 e. The number of benzene rings is 1. The molecule has 2 saturated heterocycles. The summed E-state index contributed by atoms with van der Waals surface area (Å²) in [6.45, 7) is 4.31. The van der Waals surface area contributed by atoms with Crippen molar-refractivity contribution in [3.63, 3.8) is 0 Å². The van der Waals surface area contributed by atoms with Gasteiger partial charge in [0, 0.05) is 29.2 Å². The van der Waals surface area contributed by atoms with Gasteiger partial charge in [0.1, 0.15) is 0 Å². The normalized spacial score (nSPS) is 17.6. The van der Waals surface area contributed by atoms with Crippen molar-refractivity contribution in [2.24, 2.45) is 0 Å². The number of hydrogen-bond acceptors (Lipinski definition) is 9. The summed E-state index contributed by atoms with van der Waals surface area (Å²) in [4.78, 5) is 15.1. The molecule has 0 bridgehead atoms. The van der Waals surface area contributed by atoms with E-state index < -0.39 is 0 Å². The smallest absolute Gasteiger partial charge is 0.263 e. The van der Waals surface area contributed by atoms with E-state index in [1.54, 1.807) is 24.3 Å². The van der Waals surface area contributed by atoms with Gasteiger partial charge in [0.25, 0.3) is 5.88 Å². The van der Waals surface area contributed by atoms with Gasteiger partial charge in [0.05, 0.1) is 30.3 Å². The minimum absolute atomic E-state index is 0.262. The van der Waals surface area contributed by atoms with Crippen LogP contribution in [0.5, 0.6) is 11.6 Å². The summed E-state index contributed by atoms with van der Waals surface area (Å²) in [7, 11) is 4.09. The number of nitrogen functional groups attached to an aromatic ring is 1. The number of nitrogens with one attached hydrogen (secondary N) is 1. The van der Waals surface area contributed by atoms with Crippen LogP contribution in [0.3, 0.4) is 0 Å². The third-order valence-electron chi connectivity index (χ3n) is 6.75. The van der Waals surface area contributed by atoms with E-state index >= 15 is 0 Å². The molecule has 35 heavy (non-hydrogen) atoms. The molecule has 10 heteroatoms. The van der Waals surface area contributed by atoms with Crippen molar-refractivity contribution in [3.05, 3.63) is 36.8 Å². The van der Waals surface area contributed by atoms with Gasteiger partial charge in [-0.05, 0) is 89.4 Å². The molecule has 5 rings (SSSR count). The number of rotatable bonds is 7. The van der Waals surface area contributed by atoms with E-state index in [-0.39, 0.29) is 5.82 Å². The third-order valence-corrected chi connectivity index (χ3v) is 7.43. The Morgan fingerprint density at radius 2 is 1.86 bits per heavy atom. The Hall–Kier alpha value is -2.82. The zero-order valence-electron chi connectivity index (χ0n) is 20.5. The number of piperidine rings is 2. The molecule has 0 unspecified atom stereocenters. The first-order valence-corrected chi connectivity index (χ1v) is 13.2. The van der Waals surface area contributed by atoms with Gasteiger partial charge in [0.15, 0.2) is 11.6 Å². The van der Waals surface area contributed by atoms with Crippen LogP contribution in [0.4, 0.5) is 11.5 Å². The Morgan fingerprint density at radius 3 is 2.63 bits per heavy atom. The van der Waals surface area contributed by atoms with Crippen LogP contribution in [0.15, 0.2) is 41.7 Å². The molecule has 4 heterocycles. The molecule has 1 aromatic carbocycles. The predicted octanol–water partition coefficient (Wildman–Crippen LogP) is 4.20. The zero-order valence-corrected chi connectivity index (χ0v) is 21.3. The summed E-state index contributed by atoms with van der Waals surface area (Å²) in [5.41, 5.74) is 9.08. The number of hydrogen-bond donors (Lipinski definition) is 2. The SMILES string of the molecule is CNSc1cc(-c2cnc(N)c(Oc3cnn(C4CCN(C)CC4)c3)n2)cc(N2CCCCC2)c1. The molecule has 0 radical (unpaired) electrons. The fourth-order valence-corrected chi connectivity index (χ4v) is 5.38. The minimum atomic E-state index is 0.262. The Kier molecular flexibility index (Phi) is 7.40. The van der Waals surface area contributed by atoms with Gasteiger partial charge in [-0.1, -0.05) is 0 Å². The molecule has 0 saturated carbocycles. The molecule has 3 N–H and O–H groups in total. The topological polar surface area (TPSA) is 97.4 Å². The molecule has 2 fully saturated rings. The fraction of sp³-hybridized carbons (Fsp3) is 0.480. The first-order chi connectivity index (χ1) is 17.1. The highest BCUT2D eigenvalue weighted by Gasteiger charge is 2.20. The molecule has 0 aliphatic carbocycles. The molecule has 3 aromatic rings. The van der Waals surface area contributed by atoms with Crippen LogP contribution in [-0.4, -0.2) is 64.9 Å². The Labute approximate surface area is 211 Å². The summed E-state index contributed by atoms with van der Waals surface area (Å²) in [6.07, 6.45) is 11.3. The van der Waals surface area contributed by atoms with Crippen molar-refractivity contribution in [2.45, 2.75) is 43.0 Å². The van der Waals surface area contributed by atoms with Crippen LogP contribution < -0.4 is 20.1 Å². The van der Waals surface area contributed by atoms with Gasteiger partial charge >= 0.3 is 0 Å². The predicted molar refractivity (Wildman–Crippen MR) is 141 cm³/mol. The maximum absolute atomic E-state index is 6.15. The first kappa shape index (κ1) is 23.9. The molecule has 9 nitrogen and oxygen atoms in total. The molecular formula is C25H34N8OS. The van der Waals surface area contributed by atoms with Gasteiger partial charge in [-0.3, -0.25) is 9.40 Å². The molecular weight excluding hydrogens is 460 g/mol. The monoisotopic (exact) mass is 494 g/mol. The van der Waals surface area contributed by atoms with Crippen molar-refractivity contribution in [1.29, 1.82) is 0 Å². The standard InChI is InChI=1S/C25H34N8OS/c1-27-35-22-13-18(12-20(14-22)32-8-4-3-5-9-32)23-16-28-24(26)25(30-23)34-21-15-29-33(17-21)19-6-10-31(2)11-7-19/h12-17,19,27H,3-11H2,1-2H3,(H2,26,28). The molecule has 0 spiro atoms. The number of aromatic nitrogens is 4. The highest BCUT2D eigenvalue weighted by molar-refractivity contribution is 7.97. The van der Waals surface area contributed by atoms with Crippen LogP contribution in [0.1, 0.15) is 38.1 Å². The van der Waals surface area contributed by atoms with Crippen molar-refractivity contribution in [1.82, 2.24) is 29.4 Å². The Balaban J connectivity index is 1.39. The van der Waals surface area contributed by atoms with Gasteiger partial charge < -0.3 is 20.3 Å². The second kappa shape index (κ2) is 10.8. The van der Waals surface area contributed by atoms with E-state index in [2.05, 4.69) is 49.9 Å². The van der Waals surface area contributed by atoms with Gasteiger partial charge in [-0.25, -0.2) is 9.97 Å². The minimum Gasteiger partial charge on any atom is -0.433 e. The van der Waals surface area contributed by atoms with Crippen LogP contribution in [0.25, 0.3) is 11.3 Å². The first-order valence-electron chi connectivity index (χ1n) is 12.4. The highest BCUT2D eigenvalue weighted by atomic mass is 32.2. The Morgan fingerprint density at radius 1 is 1.06 bits per heavy atom. The van der Waals surface area contributed by atoms with Crippen LogP contribution in [0, 0.1) is 0 Å². The zero-order chi connectivity index (χ0) is 24.2. The highest BCUT2D eigenvalue weighted by Crippen LogP contribution is 2.33. The van der Waals surface area contributed by atoms with E-state index in [0.717, 1.165) is 55.2 Å². The number of nitrogens with zero attached hydrogens (tertiary/aromatic N) is 6. The average Bonchev–Trinajstić information content (AvgIpc) is 3.35. The molecule has 0 amide bonds. The lowest BCUT2D eigenvalue weighted by molar-refractivity contribution is 0.212. The van der Waals surface area contributed by atoms with E-state index in [0.29, 0.717) is 17.7 Å². The fourth-order valence-electron chi connectivity index (χ4n) is 4.78. The molecule has 0 atom stereocenters. The molecule has 2 aliphatic heterocycles. The summed E-state index contributed by atoms with van der Waals surface area (Å²) < 4.78 is 11.3. The van der Waals surface area contributed by atoms with Crippen molar-refractivity contribution >= 4 is 23.5 Å². The second-order valence-electron chi connectivity index (χ2n) is 9.31. The summed E-state index contributed by atoms with van der Waals surface area (Å²) in [5.74, 6) is 1.19. The lowest BCUT2D eigenvalue weighted by atomic mass is 10.1. The summed E-state index contributed by atoms with van der Waals surface area (Å²) >= 11 is 1.59. The van der Waals surface area contributed by atoms with Crippen molar-refractivity contribution < 1.29 is 4.74 Å². The van der Waals surface area contributed by atoms with Crippen LogP contribution >= 0.6 is 11.9 Å². The van der Waals surface area contributed by atoms with Crippen LogP contribution in [-0.2, 0) is 0 Å². The van der Waals surface area contributed by atoms with E-state index in [9.17, 15) is 0 Å². The molecule has 186 valence electrons. The lowest BCUT2D eigenvalue weighted by Crippen LogP contribution is -2.31. The van der Waals surface area contributed by atoms with Crippen molar-refractivity contribution in [2.75, 3.05) is 50.9 Å². The van der Waals surface area contributed by atoms with Gasteiger partial charge in [-0.15, -0.1) is 0 Å².